The minimum atomic E-state index is -3.53. The highest BCUT2D eigenvalue weighted by molar-refractivity contribution is 7.86. The van der Waals surface area contributed by atoms with Crippen LogP contribution in [0.3, 0.4) is 0 Å². The van der Waals surface area contributed by atoms with E-state index in [1.54, 1.807) is 0 Å². The molecule has 0 amide bonds. The maximum atomic E-state index is 11.4. The van der Waals surface area contributed by atoms with Crippen LogP contribution in [0.2, 0.25) is 0 Å². The number of hydrogen-bond donors (Lipinski definition) is 1. The lowest BCUT2D eigenvalue weighted by molar-refractivity contribution is 0.295. The molecule has 0 bridgehead atoms. The lowest BCUT2D eigenvalue weighted by Crippen LogP contribution is -2.43. The third-order valence-electron chi connectivity index (χ3n) is 4.55. The van der Waals surface area contributed by atoms with E-state index in [-0.39, 0.29) is 0 Å². The Bertz CT molecular complexity index is 810. The molecular formula is C15H18N2O3S. The zero-order valence-electron chi connectivity index (χ0n) is 11.9. The number of benzene rings is 1. The van der Waals surface area contributed by atoms with E-state index in [0.29, 0.717) is 12.0 Å². The fourth-order valence-electron chi connectivity index (χ4n) is 3.81. The van der Waals surface area contributed by atoms with Crippen molar-refractivity contribution in [2.24, 2.45) is 0 Å². The second kappa shape index (κ2) is 4.48. The minimum absolute atomic E-state index is 0.450. The maximum absolute atomic E-state index is 11.4. The van der Waals surface area contributed by atoms with Gasteiger partial charge in [0.1, 0.15) is 0 Å². The second-order valence-corrected chi connectivity index (χ2v) is 7.57. The van der Waals surface area contributed by atoms with Gasteiger partial charge in [-0.15, -0.1) is 0 Å². The van der Waals surface area contributed by atoms with Crippen molar-refractivity contribution in [3.63, 3.8) is 0 Å². The first-order chi connectivity index (χ1) is 10.0. The molecule has 1 aromatic heterocycles. The van der Waals surface area contributed by atoms with Crippen LogP contribution in [0.15, 0.2) is 24.4 Å². The van der Waals surface area contributed by atoms with Crippen molar-refractivity contribution in [3.8, 4) is 0 Å². The van der Waals surface area contributed by atoms with Crippen molar-refractivity contribution in [2.45, 2.75) is 31.2 Å². The zero-order valence-corrected chi connectivity index (χ0v) is 12.7. The van der Waals surface area contributed by atoms with Crippen LogP contribution >= 0.6 is 0 Å². The molecule has 0 saturated carbocycles. The summed E-state index contributed by atoms with van der Waals surface area (Å²) in [6.45, 7) is 1.06. The monoisotopic (exact) mass is 306 g/mol. The Morgan fingerprint density at radius 3 is 3.05 bits per heavy atom. The van der Waals surface area contributed by atoms with Crippen LogP contribution in [0.25, 0.3) is 10.9 Å². The Kier molecular flexibility index (Phi) is 2.81. The molecule has 1 aliphatic heterocycles. The number of nitrogens with one attached hydrogen (secondary N) is 1. The molecule has 2 aromatic rings. The first-order valence-electron chi connectivity index (χ1n) is 7.29. The van der Waals surface area contributed by atoms with Crippen LogP contribution in [0, 0.1) is 0 Å². The summed E-state index contributed by atoms with van der Waals surface area (Å²) in [4.78, 5) is 0. The molecule has 0 radical (unpaired) electrons. The molecule has 2 aliphatic rings. The van der Waals surface area contributed by atoms with Gasteiger partial charge in [-0.2, -0.15) is 13.1 Å². The first kappa shape index (κ1) is 13.2. The molecule has 2 atom stereocenters. The summed E-state index contributed by atoms with van der Waals surface area (Å²) in [5, 5.41) is 4.77. The van der Waals surface area contributed by atoms with Crippen molar-refractivity contribution >= 4 is 21.0 Å². The van der Waals surface area contributed by atoms with Crippen LogP contribution < -0.4 is 9.60 Å². The molecule has 1 N–H and O–H groups in total. The van der Waals surface area contributed by atoms with Crippen LogP contribution in [0.5, 0.6) is 0 Å². The number of piperidine rings is 1. The summed E-state index contributed by atoms with van der Waals surface area (Å²) in [7, 11) is -3.53. The molecular weight excluding hydrogens is 288 g/mol. The SMILES string of the molecule is CS(=O)(=O)On1cc2c3c(cccc31)[C@H]1CCCN[C@@H]1C2. The van der Waals surface area contributed by atoms with Crippen LogP contribution in [0.4, 0.5) is 0 Å². The lowest BCUT2D eigenvalue weighted by Gasteiger charge is -2.36. The Morgan fingerprint density at radius 2 is 2.24 bits per heavy atom. The molecule has 0 spiro atoms. The largest absolute Gasteiger partial charge is 0.324 e. The minimum Gasteiger partial charge on any atom is -0.313 e. The summed E-state index contributed by atoms with van der Waals surface area (Å²) in [5.41, 5.74) is 3.33. The highest BCUT2D eigenvalue weighted by Gasteiger charge is 2.33. The molecule has 21 heavy (non-hydrogen) atoms. The molecule has 1 fully saturated rings. The maximum Gasteiger partial charge on any atom is 0.324 e. The Morgan fingerprint density at radius 1 is 1.38 bits per heavy atom. The number of nitrogens with zero attached hydrogens (tertiary/aromatic N) is 1. The summed E-state index contributed by atoms with van der Waals surface area (Å²) in [6.07, 6.45) is 6.20. The molecule has 112 valence electrons. The van der Waals surface area contributed by atoms with E-state index in [2.05, 4.69) is 11.4 Å². The van der Waals surface area contributed by atoms with E-state index in [9.17, 15) is 8.42 Å². The predicted molar refractivity (Wildman–Crippen MR) is 80.8 cm³/mol. The quantitative estimate of drug-likeness (QED) is 0.911. The van der Waals surface area contributed by atoms with Crippen molar-refractivity contribution in [3.05, 3.63) is 35.5 Å². The number of hydrogen-bond acceptors (Lipinski definition) is 4. The van der Waals surface area contributed by atoms with E-state index >= 15 is 0 Å². The summed E-state index contributed by atoms with van der Waals surface area (Å²) < 4.78 is 29.4. The van der Waals surface area contributed by atoms with Crippen LogP contribution in [-0.2, 0) is 16.5 Å². The first-order valence-corrected chi connectivity index (χ1v) is 9.11. The summed E-state index contributed by atoms with van der Waals surface area (Å²) >= 11 is 0. The van der Waals surface area contributed by atoms with E-state index < -0.39 is 10.1 Å². The number of aromatic nitrogens is 1. The van der Waals surface area contributed by atoms with Crippen LogP contribution in [-0.4, -0.2) is 32.0 Å². The fourth-order valence-corrected chi connectivity index (χ4v) is 4.23. The Labute approximate surface area is 124 Å². The normalized spacial score (nSPS) is 24.8. The number of fused-ring (bicyclic) bond motifs is 2. The lowest BCUT2D eigenvalue weighted by atomic mass is 9.76. The average molecular weight is 306 g/mol. The average Bonchev–Trinajstić information content (AvgIpc) is 2.77. The standard InChI is InChI=1S/C15H18N2O3S/c1-21(18,19)20-17-9-10-8-13-11(5-3-7-16-13)12-4-2-6-14(17)15(10)12/h2,4,6,9,11,13,16H,3,5,7-8H2,1H3/t11-,13-/m1/s1. The van der Waals surface area contributed by atoms with Crippen molar-refractivity contribution < 1.29 is 12.7 Å². The summed E-state index contributed by atoms with van der Waals surface area (Å²) in [5.74, 6) is 0.518. The smallest absolute Gasteiger partial charge is 0.313 e. The van der Waals surface area contributed by atoms with Gasteiger partial charge in [0.2, 0.25) is 0 Å². The third kappa shape index (κ3) is 2.13. The second-order valence-electron chi connectivity index (χ2n) is 6.01. The summed E-state index contributed by atoms with van der Waals surface area (Å²) in [6, 6.07) is 6.52. The van der Waals surface area contributed by atoms with Gasteiger partial charge in [-0.25, -0.2) is 0 Å². The highest BCUT2D eigenvalue weighted by atomic mass is 32.2. The van der Waals surface area contributed by atoms with Crippen molar-refractivity contribution in [2.75, 3.05) is 12.8 Å². The van der Waals surface area contributed by atoms with Gasteiger partial charge in [0.05, 0.1) is 11.8 Å². The Balaban J connectivity index is 1.90. The van der Waals surface area contributed by atoms with Gasteiger partial charge in [0.25, 0.3) is 0 Å². The predicted octanol–water partition coefficient (Wildman–Crippen LogP) is 1.42. The van der Waals surface area contributed by atoms with Gasteiger partial charge < -0.3 is 5.32 Å². The topological polar surface area (TPSA) is 60.3 Å². The highest BCUT2D eigenvalue weighted by Crippen LogP contribution is 2.41. The Hall–Kier alpha value is -1.53. The molecule has 4 rings (SSSR count). The third-order valence-corrected chi connectivity index (χ3v) is 4.98. The van der Waals surface area contributed by atoms with Gasteiger partial charge >= 0.3 is 10.1 Å². The molecule has 5 nitrogen and oxygen atoms in total. The molecule has 1 saturated heterocycles. The van der Waals surface area contributed by atoms with E-state index in [0.717, 1.165) is 24.7 Å². The molecule has 0 unspecified atom stereocenters. The van der Waals surface area contributed by atoms with Gasteiger partial charge in [-0.3, -0.25) is 4.28 Å². The van der Waals surface area contributed by atoms with E-state index in [1.807, 2.05) is 18.3 Å². The molecule has 1 aliphatic carbocycles. The van der Waals surface area contributed by atoms with Gasteiger partial charge in [-0.05, 0) is 43.0 Å². The molecule has 1 aromatic carbocycles. The number of rotatable bonds is 2. The molecule has 2 heterocycles. The van der Waals surface area contributed by atoms with Crippen LogP contribution in [0.1, 0.15) is 29.9 Å². The van der Waals surface area contributed by atoms with Gasteiger partial charge in [-0.1, -0.05) is 12.1 Å². The fraction of sp³-hybridized carbons (Fsp3) is 0.467. The van der Waals surface area contributed by atoms with Gasteiger partial charge in [0, 0.05) is 23.5 Å². The van der Waals surface area contributed by atoms with E-state index in [1.165, 1.54) is 34.1 Å². The zero-order chi connectivity index (χ0) is 14.6. The van der Waals surface area contributed by atoms with Crippen molar-refractivity contribution in [1.82, 2.24) is 10.0 Å². The van der Waals surface area contributed by atoms with E-state index in [4.69, 9.17) is 4.28 Å². The van der Waals surface area contributed by atoms with Crippen molar-refractivity contribution in [1.29, 1.82) is 0 Å². The van der Waals surface area contributed by atoms with Gasteiger partial charge in [0.15, 0.2) is 0 Å². The molecule has 6 heteroatoms.